The minimum atomic E-state index is -0.0864. The average Bonchev–Trinajstić information content (AvgIpc) is 3.67. The fourth-order valence-electron chi connectivity index (χ4n) is 8.52. The molecule has 267 valence electrons. The van der Waals surface area contributed by atoms with Crippen LogP contribution < -0.4 is 4.90 Å². The maximum atomic E-state index is 2.41. The Balaban J connectivity index is 0.00000160. The number of anilines is 3. The SMILES string of the molecule is CC1(C)c2ccccc2-c2ccc(N(c3ccc(-c4ccccc4)cc3)c3ccc(-c4ccc5c(c4)c4ccccc4n5-c4ccccc4)cc3)cc21.[CH3-].[HH].[V]. The van der Waals surface area contributed by atoms with E-state index in [-0.39, 0.29) is 32.8 Å². The molecule has 0 N–H and O–H groups in total. The Kier molecular flexibility index (Phi) is 9.35. The first kappa shape index (κ1) is 35.9. The fourth-order valence-corrected chi connectivity index (χ4v) is 8.52. The molecule has 1 aromatic heterocycles. The summed E-state index contributed by atoms with van der Waals surface area (Å²) < 4.78 is 2.37. The third kappa shape index (κ3) is 5.99. The molecule has 0 amide bonds. The van der Waals surface area contributed by atoms with Gasteiger partial charge in [0.05, 0.1) is 11.0 Å². The van der Waals surface area contributed by atoms with Gasteiger partial charge in [-0.1, -0.05) is 141 Å². The first-order valence-corrected chi connectivity index (χ1v) is 18.4. The number of hydrogen-bond acceptors (Lipinski definition) is 1. The molecular formula is C52H43N2V-. The Morgan fingerprint density at radius 1 is 0.418 bits per heavy atom. The summed E-state index contributed by atoms with van der Waals surface area (Å²) >= 11 is 0. The molecule has 10 rings (SSSR count). The zero-order valence-electron chi connectivity index (χ0n) is 31.3. The van der Waals surface area contributed by atoms with Crippen LogP contribution in [0.3, 0.4) is 0 Å². The maximum absolute atomic E-state index is 2.41. The minimum Gasteiger partial charge on any atom is -0.358 e. The number of aromatic nitrogens is 1. The van der Waals surface area contributed by atoms with E-state index < -0.39 is 0 Å². The predicted molar refractivity (Wildman–Crippen MR) is 232 cm³/mol. The van der Waals surface area contributed by atoms with E-state index in [4.69, 9.17) is 0 Å². The van der Waals surface area contributed by atoms with Crippen molar-refractivity contribution in [2.75, 3.05) is 4.90 Å². The van der Waals surface area contributed by atoms with Gasteiger partial charge in [0.2, 0.25) is 0 Å². The number of hydrogen-bond donors (Lipinski definition) is 0. The number of nitrogens with zero attached hydrogens (tertiary/aromatic N) is 2. The molecule has 1 aliphatic rings. The zero-order valence-corrected chi connectivity index (χ0v) is 32.7. The van der Waals surface area contributed by atoms with Crippen LogP contribution in [0, 0.1) is 7.43 Å². The van der Waals surface area contributed by atoms with Crippen molar-refractivity contribution >= 4 is 38.9 Å². The molecule has 1 aliphatic carbocycles. The molecule has 0 saturated carbocycles. The summed E-state index contributed by atoms with van der Waals surface area (Å²) in [4.78, 5) is 2.40. The molecule has 2 nitrogen and oxygen atoms in total. The minimum absolute atomic E-state index is 0. The molecule has 1 radical (unpaired) electrons. The van der Waals surface area contributed by atoms with E-state index in [9.17, 15) is 0 Å². The van der Waals surface area contributed by atoms with Crippen LogP contribution in [0.5, 0.6) is 0 Å². The number of fused-ring (bicyclic) bond motifs is 6. The number of benzene rings is 8. The van der Waals surface area contributed by atoms with E-state index in [1.165, 1.54) is 72.0 Å². The van der Waals surface area contributed by atoms with Gasteiger partial charge in [-0.3, -0.25) is 0 Å². The van der Waals surface area contributed by atoms with Gasteiger partial charge in [0.1, 0.15) is 0 Å². The Bertz CT molecular complexity index is 2790. The zero-order chi connectivity index (χ0) is 35.5. The van der Waals surface area contributed by atoms with Gasteiger partial charge in [0, 0.05) is 58.9 Å². The normalized spacial score (nSPS) is 12.4. The second-order valence-corrected chi connectivity index (χ2v) is 14.6. The predicted octanol–water partition coefficient (Wildman–Crippen LogP) is 14.6. The quantitative estimate of drug-likeness (QED) is 0.154. The van der Waals surface area contributed by atoms with Gasteiger partial charge in [0.15, 0.2) is 0 Å². The van der Waals surface area contributed by atoms with Crippen molar-refractivity contribution in [2.24, 2.45) is 0 Å². The van der Waals surface area contributed by atoms with Gasteiger partial charge in [-0.25, -0.2) is 0 Å². The van der Waals surface area contributed by atoms with Gasteiger partial charge in [-0.2, -0.15) is 0 Å². The topological polar surface area (TPSA) is 8.17 Å². The van der Waals surface area contributed by atoms with Gasteiger partial charge in [-0.05, 0) is 111 Å². The summed E-state index contributed by atoms with van der Waals surface area (Å²) in [5.74, 6) is 0. The first-order valence-electron chi connectivity index (χ1n) is 18.4. The van der Waals surface area contributed by atoms with Crippen LogP contribution in [0.1, 0.15) is 26.4 Å². The smallest absolute Gasteiger partial charge is 0.0541 e. The van der Waals surface area contributed by atoms with Crippen molar-refractivity contribution in [1.82, 2.24) is 4.57 Å². The van der Waals surface area contributed by atoms with Crippen LogP contribution in [-0.4, -0.2) is 4.57 Å². The van der Waals surface area contributed by atoms with Crippen molar-refractivity contribution in [1.29, 1.82) is 0 Å². The van der Waals surface area contributed by atoms with Crippen molar-refractivity contribution in [3.8, 4) is 39.1 Å². The maximum Gasteiger partial charge on any atom is 0.0541 e. The molecule has 1 heterocycles. The summed E-state index contributed by atoms with van der Waals surface area (Å²) in [6.45, 7) is 4.70. The van der Waals surface area contributed by atoms with Gasteiger partial charge in [0.25, 0.3) is 0 Å². The Hall–Kier alpha value is -6.06. The monoisotopic (exact) mass is 746 g/mol. The van der Waals surface area contributed by atoms with E-state index in [1.54, 1.807) is 0 Å². The van der Waals surface area contributed by atoms with Gasteiger partial charge < -0.3 is 16.9 Å². The van der Waals surface area contributed by atoms with Crippen LogP contribution >= 0.6 is 0 Å². The molecule has 0 fully saturated rings. The second-order valence-electron chi connectivity index (χ2n) is 14.6. The fraction of sp³-hybridized carbons (Fsp3) is 0.0577. The van der Waals surface area contributed by atoms with Crippen molar-refractivity contribution in [2.45, 2.75) is 19.3 Å². The second kappa shape index (κ2) is 14.3. The summed E-state index contributed by atoms with van der Waals surface area (Å²) in [5.41, 5.74) is 17.2. The van der Waals surface area contributed by atoms with Crippen LogP contribution in [0.2, 0.25) is 0 Å². The first-order chi connectivity index (χ1) is 26.0. The largest absolute Gasteiger partial charge is 0.358 e. The Morgan fingerprint density at radius 3 is 1.64 bits per heavy atom. The summed E-state index contributed by atoms with van der Waals surface area (Å²) in [5, 5.41) is 2.52. The number of rotatable bonds is 6. The summed E-state index contributed by atoms with van der Waals surface area (Å²) in [6, 6.07) is 70.8. The van der Waals surface area contributed by atoms with Crippen LogP contribution in [-0.2, 0) is 24.0 Å². The standard InChI is InChI=1S/C51H38N2.CH3.V.H2/c1-51(2)47-19-11-9-17-43(47)44-31-30-42(34-48(44)51)52(40-26-21-36(22-27-40)35-13-5-3-6-14-35)41-28-23-37(24-29-41)38-25-32-50-46(33-38)45-18-10-12-20-49(45)53(50)39-15-7-4-8-16-39;;;/h3-34H,1-2H3;1H3;;1H/q;-1;;. The third-order valence-corrected chi connectivity index (χ3v) is 11.2. The van der Waals surface area contributed by atoms with Crippen molar-refractivity contribution in [3.63, 3.8) is 0 Å². The molecule has 0 aliphatic heterocycles. The van der Waals surface area contributed by atoms with E-state index in [1.807, 2.05) is 0 Å². The van der Waals surface area contributed by atoms with Gasteiger partial charge in [-0.15, -0.1) is 0 Å². The van der Waals surface area contributed by atoms with Crippen LogP contribution in [0.25, 0.3) is 60.9 Å². The summed E-state index contributed by atoms with van der Waals surface area (Å²) in [6.07, 6.45) is 0. The van der Waals surface area contributed by atoms with Crippen LogP contribution in [0.4, 0.5) is 17.1 Å². The molecule has 55 heavy (non-hydrogen) atoms. The van der Waals surface area contributed by atoms with Gasteiger partial charge >= 0.3 is 0 Å². The molecule has 0 spiro atoms. The van der Waals surface area contributed by atoms with Crippen molar-refractivity contribution in [3.05, 3.63) is 213 Å². The molecule has 0 atom stereocenters. The Labute approximate surface area is 337 Å². The number of para-hydroxylation sites is 2. The molecule has 0 bridgehead atoms. The molecule has 9 aromatic rings. The molecular weight excluding hydrogens is 704 g/mol. The van der Waals surface area contributed by atoms with E-state index in [2.05, 4.69) is 217 Å². The third-order valence-electron chi connectivity index (χ3n) is 11.2. The van der Waals surface area contributed by atoms with E-state index in [0.717, 1.165) is 17.1 Å². The molecule has 3 heteroatoms. The van der Waals surface area contributed by atoms with E-state index in [0.29, 0.717) is 0 Å². The molecule has 0 unspecified atom stereocenters. The molecule has 8 aromatic carbocycles. The van der Waals surface area contributed by atoms with Crippen molar-refractivity contribution < 1.29 is 20.0 Å². The average molecular weight is 747 g/mol. The molecule has 0 saturated heterocycles. The van der Waals surface area contributed by atoms with E-state index >= 15 is 0 Å². The Morgan fingerprint density at radius 2 is 0.927 bits per heavy atom. The van der Waals surface area contributed by atoms with Crippen LogP contribution in [0.15, 0.2) is 194 Å². The summed E-state index contributed by atoms with van der Waals surface area (Å²) in [7, 11) is 0.